The molecule has 3 heterocycles. The molecule has 3 aliphatic heterocycles. The maximum atomic E-state index is 12.7. The molecule has 2 amide bonds. The fourth-order valence-electron chi connectivity index (χ4n) is 4.94. The summed E-state index contributed by atoms with van der Waals surface area (Å²) in [5, 5.41) is 21.9. The van der Waals surface area contributed by atoms with Crippen molar-refractivity contribution in [3.05, 3.63) is 66.2 Å². The molecular formula is C28H33N5O5S. The molecule has 5 rings (SSSR count). The Hall–Kier alpha value is -3.22. The van der Waals surface area contributed by atoms with Gasteiger partial charge in [0.1, 0.15) is 18.6 Å². The Morgan fingerprint density at radius 3 is 2.69 bits per heavy atom. The summed E-state index contributed by atoms with van der Waals surface area (Å²) in [6.07, 6.45) is 1.56. The van der Waals surface area contributed by atoms with Crippen molar-refractivity contribution in [2.24, 2.45) is 4.99 Å². The van der Waals surface area contributed by atoms with Crippen LogP contribution in [0.2, 0.25) is 0 Å². The van der Waals surface area contributed by atoms with E-state index < -0.39 is 6.23 Å². The molecule has 1 fully saturated rings. The van der Waals surface area contributed by atoms with Crippen LogP contribution in [0.5, 0.6) is 0 Å². The van der Waals surface area contributed by atoms with Gasteiger partial charge in [0.25, 0.3) is 0 Å². The van der Waals surface area contributed by atoms with E-state index in [1.54, 1.807) is 11.8 Å². The molecular weight excluding hydrogens is 518 g/mol. The van der Waals surface area contributed by atoms with Crippen LogP contribution in [0.15, 0.2) is 75.5 Å². The summed E-state index contributed by atoms with van der Waals surface area (Å²) in [6.45, 7) is 3.67. The number of piperazine rings is 1. The second-order valence-corrected chi connectivity index (χ2v) is 10.6. The average Bonchev–Trinajstić information content (AvgIpc) is 3.16. The number of carbonyl (C=O) groups is 2. The summed E-state index contributed by atoms with van der Waals surface area (Å²) in [5.41, 5.74) is 2.01. The number of hydrogen-bond donors (Lipinski definition) is 3. The van der Waals surface area contributed by atoms with Crippen molar-refractivity contribution in [2.75, 3.05) is 59.1 Å². The lowest BCUT2D eigenvalue weighted by Gasteiger charge is -2.43. The molecule has 0 saturated carbocycles. The zero-order valence-electron chi connectivity index (χ0n) is 21.6. The number of ether oxygens (including phenoxy) is 1. The van der Waals surface area contributed by atoms with Crippen LogP contribution < -0.4 is 5.32 Å². The summed E-state index contributed by atoms with van der Waals surface area (Å²) in [6, 6.07) is 16.4. The number of benzene rings is 2. The Labute approximate surface area is 231 Å². The summed E-state index contributed by atoms with van der Waals surface area (Å²) >= 11 is 1.71. The SMILES string of the molecule is O=C(CN1C(=O)C=CC1O)NCC1CN(C2=Nc3ccccc3Sc3ccccc32)CCN1CCOCCO. The molecule has 2 unspecified atom stereocenters. The van der Waals surface area contributed by atoms with E-state index in [0.717, 1.165) is 44.9 Å². The monoisotopic (exact) mass is 551 g/mol. The number of amides is 2. The number of aliphatic imine (C=N–C) groups is 1. The van der Waals surface area contributed by atoms with Crippen molar-refractivity contribution in [1.82, 2.24) is 20.0 Å². The molecule has 3 aliphatic rings. The topological polar surface area (TPSA) is 118 Å². The highest BCUT2D eigenvalue weighted by Gasteiger charge is 2.32. The molecule has 1 saturated heterocycles. The fourth-order valence-corrected chi connectivity index (χ4v) is 5.96. The molecule has 2 atom stereocenters. The largest absolute Gasteiger partial charge is 0.394 e. The van der Waals surface area contributed by atoms with Crippen molar-refractivity contribution in [3.63, 3.8) is 0 Å². The lowest BCUT2D eigenvalue weighted by atomic mass is 10.1. The van der Waals surface area contributed by atoms with Gasteiger partial charge in [-0.3, -0.25) is 14.5 Å². The zero-order valence-corrected chi connectivity index (χ0v) is 22.4. The van der Waals surface area contributed by atoms with Crippen LogP contribution in [0.1, 0.15) is 5.56 Å². The number of rotatable bonds is 9. The van der Waals surface area contributed by atoms with Gasteiger partial charge in [-0.25, -0.2) is 4.99 Å². The second-order valence-electron chi connectivity index (χ2n) is 9.52. The lowest BCUT2D eigenvalue weighted by molar-refractivity contribution is -0.137. The van der Waals surface area contributed by atoms with Crippen LogP contribution in [-0.2, 0) is 14.3 Å². The molecule has 206 valence electrons. The number of aliphatic hydroxyl groups excluding tert-OH is 2. The number of nitrogens with zero attached hydrogens (tertiary/aromatic N) is 4. The zero-order chi connectivity index (χ0) is 27.2. The average molecular weight is 552 g/mol. The van der Waals surface area contributed by atoms with E-state index in [1.807, 2.05) is 30.3 Å². The summed E-state index contributed by atoms with van der Waals surface area (Å²) in [5.74, 6) is 0.196. The van der Waals surface area contributed by atoms with Crippen molar-refractivity contribution in [2.45, 2.75) is 22.1 Å². The number of carbonyl (C=O) groups excluding carboxylic acids is 2. The summed E-state index contributed by atoms with van der Waals surface area (Å²) < 4.78 is 5.52. The predicted octanol–water partition coefficient (Wildman–Crippen LogP) is 1.06. The normalized spacial score (nSPS) is 20.9. The standard InChI is InChI=1S/C28H33N5O5S/c34-14-16-38-15-13-31-11-12-32(18-20(31)17-29-25(35)19-33-26(36)9-10-27(33)37)28-21-5-1-3-7-23(21)39-24-8-4-2-6-22(24)30-28/h1-10,20,26,34,36H,11-19H2,(H,29,35). The Balaban J connectivity index is 1.33. The first-order valence-corrected chi connectivity index (χ1v) is 13.9. The van der Waals surface area contributed by atoms with Gasteiger partial charge in [-0.05, 0) is 24.3 Å². The van der Waals surface area contributed by atoms with Crippen LogP contribution in [0.4, 0.5) is 5.69 Å². The number of amidine groups is 1. The molecule has 0 bridgehead atoms. The van der Waals surface area contributed by atoms with E-state index in [-0.39, 0.29) is 37.6 Å². The van der Waals surface area contributed by atoms with Crippen molar-refractivity contribution < 1.29 is 24.5 Å². The van der Waals surface area contributed by atoms with Gasteiger partial charge in [-0.2, -0.15) is 0 Å². The molecule has 2 aromatic rings. The van der Waals surface area contributed by atoms with Gasteiger partial charge >= 0.3 is 0 Å². The number of para-hydroxylation sites is 1. The number of aliphatic hydroxyl groups is 2. The van der Waals surface area contributed by atoms with Gasteiger partial charge < -0.3 is 30.1 Å². The van der Waals surface area contributed by atoms with Gasteiger partial charge in [-0.15, -0.1) is 0 Å². The number of hydrogen-bond acceptors (Lipinski definition) is 9. The Morgan fingerprint density at radius 1 is 1.10 bits per heavy atom. The van der Waals surface area contributed by atoms with E-state index >= 15 is 0 Å². The highest BCUT2D eigenvalue weighted by atomic mass is 32.2. The number of nitrogens with one attached hydrogen (secondary N) is 1. The van der Waals surface area contributed by atoms with E-state index in [4.69, 9.17) is 14.8 Å². The first-order chi connectivity index (χ1) is 19.0. The Bertz CT molecular complexity index is 1250. The Morgan fingerprint density at radius 2 is 1.90 bits per heavy atom. The second kappa shape index (κ2) is 12.8. The highest BCUT2D eigenvalue weighted by molar-refractivity contribution is 7.99. The molecule has 10 nitrogen and oxygen atoms in total. The maximum Gasteiger partial charge on any atom is 0.249 e. The lowest BCUT2D eigenvalue weighted by Crippen LogP contribution is -2.59. The fraction of sp³-hybridized carbons (Fsp3) is 0.393. The third kappa shape index (κ3) is 6.51. The van der Waals surface area contributed by atoms with Crippen LogP contribution in [-0.4, -0.2) is 114 Å². The molecule has 2 aromatic carbocycles. The minimum absolute atomic E-state index is 0.0259. The quantitative estimate of drug-likeness (QED) is 0.396. The first-order valence-electron chi connectivity index (χ1n) is 13.1. The molecule has 0 aliphatic carbocycles. The van der Waals surface area contributed by atoms with Crippen LogP contribution in [0.3, 0.4) is 0 Å². The number of fused-ring (bicyclic) bond motifs is 2. The molecule has 11 heteroatoms. The van der Waals surface area contributed by atoms with E-state index in [9.17, 15) is 14.7 Å². The molecule has 0 spiro atoms. The highest BCUT2D eigenvalue weighted by Crippen LogP contribution is 2.40. The van der Waals surface area contributed by atoms with E-state index in [0.29, 0.717) is 26.2 Å². The predicted molar refractivity (Wildman–Crippen MR) is 148 cm³/mol. The van der Waals surface area contributed by atoms with Gasteiger partial charge in [0.15, 0.2) is 0 Å². The molecule has 3 N–H and O–H groups in total. The molecule has 0 aromatic heterocycles. The smallest absolute Gasteiger partial charge is 0.249 e. The van der Waals surface area contributed by atoms with Crippen LogP contribution >= 0.6 is 11.8 Å². The van der Waals surface area contributed by atoms with Crippen molar-refractivity contribution in [3.8, 4) is 0 Å². The van der Waals surface area contributed by atoms with Crippen LogP contribution in [0, 0.1) is 0 Å². The van der Waals surface area contributed by atoms with Crippen LogP contribution in [0.25, 0.3) is 0 Å². The van der Waals surface area contributed by atoms with Crippen molar-refractivity contribution in [1.29, 1.82) is 0 Å². The van der Waals surface area contributed by atoms with Gasteiger partial charge in [0.2, 0.25) is 11.8 Å². The van der Waals surface area contributed by atoms with E-state index in [1.165, 1.54) is 12.2 Å². The first kappa shape index (κ1) is 27.4. The summed E-state index contributed by atoms with van der Waals surface area (Å²) in [7, 11) is 0. The third-order valence-corrected chi connectivity index (χ3v) is 8.11. The van der Waals surface area contributed by atoms with Gasteiger partial charge in [0, 0.05) is 60.2 Å². The minimum Gasteiger partial charge on any atom is -0.394 e. The molecule has 0 radical (unpaired) electrons. The Kier molecular flexibility index (Phi) is 8.95. The van der Waals surface area contributed by atoms with Gasteiger partial charge in [-0.1, -0.05) is 42.1 Å². The maximum absolute atomic E-state index is 12.7. The van der Waals surface area contributed by atoms with E-state index in [2.05, 4.69) is 33.3 Å². The summed E-state index contributed by atoms with van der Waals surface area (Å²) in [4.78, 5) is 37.7. The van der Waals surface area contributed by atoms with Crippen molar-refractivity contribution >= 4 is 35.1 Å². The minimum atomic E-state index is -1.08. The third-order valence-electron chi connectivity index (χ3n) is 6.96. The molecule has 39 heavy (non-hydrogen) atoms. The van der Waals surface area contributed by atoms with Gasteiger partial charge in [0.05, 0.1) is 25.5 Å².